The predicted molar refractivity (Wildman–Crippen MR) is 80.3 cm³/mol. The van der Waals surface area contributed by atoms with Gasteiger partial charge in [-0.3, -0.25) is 4.79 Å². The number of fused-ring (bicyclic) bond motifs is 1. The van der Waals surface area contributed by atoms with Crippen LogP contribution < -0.4 is 11.1 Å². The number of nitrogens with one attached hydrogen (secondary N) is 1. The maximum absolute atomic E-state index is 12.2. The maximum atomic E-state index is 12.2. The van der Waals surface area contributed by atoms with Crippen molar-refractivity contribution in [1.82, 2.24) is 5.32 Å². The van der Waals surface area contributed by atoms with Crippen LogP contribution in [0.25, 0.3) is 0 Å². The van der Waals surface area contributed by atoms with Gasteiger partial charge in [-0.2, -0.15) is 0 Å². The van der Waals surface area contributed by atoms with Gasteiger partial charge in [-0.15, -0.1) is 11.3 Å². The third-order valence-corrected chi connectivity index (χ3v) is 4.65. The summed E-state index contributed by atoms with van der Waals surface area (Å²) in [5, 5.41) is 16.4. The van der Waals surface area contributed by atoms with Crippen LogP contribution in [-0.2, 0) is 11.2 Å². The number of hydrogen-bond acceptors (Lipinski definition) is 4. The minimum absolute atomic E-state index is 0.0223. The molecule has 0 aromatic carbocycles. The maximum Gasteiger partial charge on any atom is 0.227 e. The Balaban J connectivity index is 1.74. The molecule has 5 nitrogen and oxygen atoms in total. The molecule has 20 heavy (non-hydrogen) atoms. The van der Waals surface area contributed by atoms with Gasteiger partial charge in [-0.1, -0.05) is 5.16 Å². The molecule has 1 heterocycles. The average molecular weight is 295 g/mol. The van der Waals surface area contributed by atoms with Crippen LogP contribution in [-0.4, -0.2) is 23.5 Å². The quantitative estimate of drug-likeness (QED) is 0.247. The first kappa shape index (κ1) is 14.8. The van der Waals surface area contributed by atoms with E-state index in [1.807, 2.05) is 0 Å². The zero-order valence-electron chi connectivity index (χ0n) is 11.5. The highest BCUT2D eigenvalue weighted by molar-refractivity contribution is 7.10. The number of nitrogens with two attached hydrogens (primary N) is 1. The minimum Gasteiger partial charge on any atom is -0.409 e. The number of aryl methyl sites for hydroxylation is 1. The van der Waals surface area contributed by atoms with Crippen LogP contribution in [0, 0.1) is 0 Å². The van der Waals surface area contributed by atoms with Crippen molar-refractivity contribution in [1.29, 1.82) is 0 Å². The lowest BCUT2D eigenvalue weighted by molar-refractivity contribution is -0.122. The van der Waals surface area contributed by atoms with Gasteiger partial charge in [0.15, 0.2) is 0 Å². The molecule has 2 rings (SSSR count). The van der Waals surface area contributed by atoms with Gasteiger partial charge in [0.25, 0.3) is 0 Å². The van der Waals surface area contributed by atoms with Crippen molar-refractivity contribution in [3.63, 3.8) is 0 Å². The third-order valence-electron chi connectivity index (χ3n) is 3.66. The van der Waals surface area contributed by atoms with E-state index in [9.17, 15) is 4.79 Å². The SMILES string of the molecule is N/C(CCCCNC(=O)C1CCCc2sccc21)=N/O. The normalized spacial score (nSPS) is 18.6. The van der Waals surface area contributed by atoms with Crippen LogP contribution in [0.15, 0.2) is 16.6 Å². The van der Waals surface area contributed by atoms with Crippen LogP contribution in [0.1, 0.15) is 48.5 Å². The standard InChI is InChI=1S/C14H21N3O2S/c15-13(17-19)6-1-2-8-16-14(18)11-4-3-5-12-10(11)7-9-20-12/h7,9,11,19H,1-6,8H2,(H2,15,17)(H,16,18). The second-order valence-corrected chi connectivity index (χ2v) is 6.08. The first-order chi connectivity index (χ1) is 9.72. The van der Waals surface area contributed by atoms with Crippen LogP contribution in [0.3, 0.4) is 0 Å². The van der Waals surface area contributed by atoms with Gasteiger partial charge in [0.05, 0.1) is 5.92 Å². The Morgan fingerprint density at radius 2 is 2.40 bits per heavy atom. The van der Waals surface area contributed by atoms with E-state index in [0.717, 1.165) is 32.1 Å². The Kier molecular flexibility index (Phi) is 5.40. The largest absolute Gasteiger partial charge is 0.409 e. The molecule has 110 valence electrons. The molecule has 0 aliphatic heterocycles. The van der Waals surface area contributed by atoms with Crippen molar-refractivity contribution in [2.24, 2.45) is 10.9 Å². The third kappa shape index (κ3) is 3.72. The number of amidine groups is 1. The van der Waals surface area contributed by atoms with Crippen LogP contribution in [0.5, 0.6) is 0 Å². The molecule has 1 unspecified atom stereocenters. The number of carbonyl (C=O) groups excluding carboxylic acids is 1. The molecular weight excluding hydrogens is 274 g/mol. The van der Waals surface area contributed by atoms with E-state index < -0.39 is 0 Å². The molecule has 1 aromatic rings. The summed E-state index contributed by atoms with van der Waals surface area (Å²) < 4.78 is 0. The molecular formula is C14H21N3O2S. The molecule has 1 atom stereocenters. The van der Waals surface area contributed by atoms with Crippen molar-refractivity contribution < 1.29 is 10.0 Å². The van der Waals surface area contributed by atoms with Crippen LogP contribution >= 0.6 is 11.3 Å². The highest BCUT2D eigenvalue weighted by Crippen LogP contribution is 2.34. The summed E-state index contributed by atoms with van der Waals surface area (Å²) in [7, 11) is 0. The molecule has 0 spiro atoms. The number of rotatable bonds is 6. The molecule has 1 aromatic heterocycles. The first-order valence-corrected chi connectivity index (χ1v) is 7.90. The Hall–Kier alpha value is -1.56. The van der Waals surface area contributed by atoms with Crippen molar-refractivity contribution in [2.45, 2.75) is 44.4 Å². The Bertz CT molecular complexity index is 485. The van der Waals surface area contributed by atoms with Gasteiger partial charge in [-0.05, 0) is 49.1 Å². The zero-order valence-corrected chi connectivity index (χ0v) is 12.3. The summed E-state index contributed by atoms with van der Waals surface area (Å²) in [5.74, 6) is 0.397. The molecule has 6 heteroatoms. The average Bonchev–Trinajstić information content (AvgIpc) is 2.94. The topological polar surface area (TPSA) is 87.7 Å². The molecule has 4 N–H and O–H groups in total. The molecule has 0 fully saturated rings. The van der Waals surface area contributed by atoms with Crippen LogP contribution in [0.4, 0.5) is 0 Å². The van der Waals surface area contributed by atoms with E-state index in [-0.39, 0.29) is 17.7 Å². The Labute approximate surface area is 122 Å². The van der Waals surface area contributed by atoms with Gasteiger partial charge in [-0.25, -0.2) is 0 Å². The number of oxime groups is 1. The molecule has 0 saturated carbocycles. The molecule has 1 aliphatic carbocycles. The lowest BCUT2D eigenvalue weighted by Gasteiger charge is -2.21. The molecule has 1 amide bonds. The van der Waals surface area contributed by atoms with Crippen molar-refractivity contribution in [2.75, 3.05) is 6.54 Å². The van der Waals surface area contributed by atoms with Gasteiger partial charge in [0.1, 0.15) is 5.84 Å². The second kappa shape index (κ2) is 7.28. The molecule has 0 saturated heterocycles. The zero-order chi connectivity index (χ0) is 14.4. The summed E-state index contributed by atoms with van der Waals surface area (Å²) in [6, 6.07) is 2.09. The number of thiophene rings is 1. The smallest absolute Gasteiger partial charge is 0.227 e. The van der Waals surface area contributed by atoms with E-state index in [4.69, 9.17) is 10.9 Å². The first-order valence-electron chi connectivity index (χ1n) is 7.02. The summed E-state index contributed by atoms with van der Waals surface area (Å²) >= 11 is 1.75. The Morgan fingerprint density at radius 1 is 1.55 bits per heavy atom. The summed E-state index contributed by atoms with van der Waals surface area (Å²) in [5.41, 5.74) is 6.60. The number of carbonyl (C=O) groups is 1. The Morgan fingerprint density at radius 3 is 3.20 bits per heavy atom. The van der Waals surface area contributed by atoms with Gasteiger partial charge >= 0.3 is 0 Å². The van der Waals surface area contributed by atoms with Crippen molar-refractivity contribution in [3.8, 4) is 0 Å². The summed E-state index contributed by atoms with van der Waals surface area (Å²) in [6.45, 7) is 0.646. The number of nitrogens with zero attached hydrogens (tertiary/aromatic N) is 1. The van der Waals surface area contributed by atoms with Crippen molar-refractivity contribution >= 4 is 23.1 Å². The lowest BCUT2D eigenvalue weighted by atomic mass is 9.87. The fourth-order valence-electron chi connectivity index (χ4n) is 2.57. The summed E-state index contributed by atoms with van der Waals surface area (Å²) in [4.78, 5) is 13.6. The van der Waals surface area contributed by atoms with E-state index in [0.29, 0.717) is 13.0 Å². The van der Waals surface area contributed by atoms with E-state index >= 15 is 0 Å². The lowest BCUT2D eigenvalue weighted by Crippen LogP contribution is -2.31. The second-order valence-electron chi connectivity index (χ2n) is 5.08. The molecule has 1 aliphatic rings. The monoisotopic (exact) mass is 295 g/mol. The molecule has 0 radical (unpaired) electrons. The van der Waals surface area contributed by atoms with E-state index in [1.54, 1.807) is 11.3 Å². The van der Waals surface area contributed by atoms with Crippen molar-refractivity contribution in [3.05, 3.63) is 21.9 Å². The summed E-state index contributed by atoms with van der Waals surface area (Å²) in [6.07, 6.45) is 5.35. The predicted octanol–water partition coefficient (Wildman–Crippen LogP) is 2.20. The van der Waals surface area contributed by atoms with Crippen LogP contribution in [0.2, 0.25) is 0 Å². The minimum atomic E-state index is 0.0223. The van der Waals surface area contributed by atoms with E-state index in [2.05, 4.69) is 21.9 Å². The van der Waals surface area contributed by atoms with Gasteiger partial charge in [0, 0.05) is 17.8 Å². The fraction of sp³-hybridized carbons (Fsp3) is 0.571. The highest BCUT2D eigenvalue weighted by atomic mass is 32.1. The number of amides is 1. The van der Waals surface area contributed by atoms with Gasteiger partial charge < -0.3 is 16.3 Å². The van der Waals surface area contributed by atoms with Gasteiger partial charge in [0.2, 0.25) is 5.91 Å². The highest BCUT2D eigenvalue weighted by Gasteiger charge is 2.26. The van der Waals surface area contributed by atoms with E-state index in [1.165, 1.54) is 10.4 Å². The number of hydrogen-bond donors (Lipinski definition) is 3. The molecule has 0 bridgehead atoms. The number of unbranched alkanes of at least 4 members (excludes halogenated alkanes) is 1. The fourth-order valence-corrected chi connectivity index (χ4v) is 3.56.